The standard InChI is InChI=1S/C16H17NO3S/c1-10-8-14(21-11(10)2)15(18)17(3)9-12-4-6-13(7-5-12)16(19)20/h4-8H,9H2,1-3H3,(H,19,20). The van der Waals surface area contributed by atoms with Crippen LogP contribution in [-0.4, -0.2) is 28.9 Å². The summed E-state index contributed by atoms with van der Waals surface area (Å²) in [6.07, 6.45) is 0. The van der Waals surface area contributed by atoms with Crippen molar-refractivity contribution in [2.24, 2.45) is 0 Å². The number of aryl methyl sites for hydroxylation is 2. The van der Waals surface area contributed by atoms with Gasteiger partial charge in [0.25, 0.3) is 5.91 Å². The molecule has 1 heterocycles. The van der Waals surface area contributed by atoms with Gasteiger partial charge in [0, 0.05) is 18.5 Å². The van der Waals surface area contributed by atoms with Crippen molar-refractivity contribution < 1.29 is 14.7 Å². The van der Waals surface area contributed by atoms with E-state index in [-0.39, 0.29) is 11.5 Å². The van der Waals surface area contributed by atoms with E-state index in [0.29, 0.717) is 6.54 Å². The summed E-state index contributed by atoms with van der Waals surface area (Å²) < 4.78 is 0. The molecule has 0 spiro atoms. The smallest absolute Gasteiger partial charge is 0.335 e. The maximum Gasteiger partial charge on any atom is 0.335 e. The fourth-order valence-electron chi connectivity index (χ4n) is 1.97. The largest absolute Gasteiger partial charge is 0.478 e. The van der Waals surface area contributed by atoms with Crippen molar-refractivity contribution in [1.82, 2.24) is 4.90 Å². The van der Waals surface area contributed by atoms with E-state index in [2.05, 4.69) is 0 Å². The van der Waals surface area contributed by atoms with Gasteiger partial charge in [0.2, 0.25) is 0 Å². The van der Waals surface area contributed by atoms with Gasteiger partial charge in [-0.05, 0) is 43.2 Å². The maximum absolute atomic E-state index is 12.3. The number of hydrogen-bond acceptors (Lipinski definition) is 3. The van der Waals surface area contributed by atoms with Gasteiger partial charge in [-0.25, -0.2) is 4.79 Å². The van der Waals surface area contributed by atoms with Gasteiger partial charge >= 0.3 is 5.97 Å². The second kappa shape index (κ2) is 6.10. The molecule has 0 bridgehead atoms. The van der Waals surface area contributed by atoms with Crippen LogP contribution in [0, 0.1) is 13.8 Å². The van der Waals surface area contributed by atoms with E-state index in [1.54, 1.807) is 36.2 Å². The molecule has 110 valence electrons. The number of carboxylic acid groups (broad SMARTS) is 1. The van der Waals surface area contributed by atoms with Crippen LogP contribution in [-0.2, 0) is 6.54 Å². The summed E-state index contributed by atoms with van der Waals surface area (Å²) >= 11 is 1.50. The molecule has 0 aliphatic heterocycles. The van der Waals surface area contributed by atoms with Gasteiger partial charge in [0.1, 0.15) is 0 Å². The van der Waals surface area contributed by atoms with Gasteiger partial charge in [-0.2, -0.15) is 0 Å². The Morgan fingerprint density at radius 2 is 1.81 bits per heavy atom. The normalized spacial score (nSPS) is 10.4. The van der Waals surface area contributed by atoms with Crippen molar-refractivity contribution in [2.45, 2.75) is 20.4 Å². The highest BCUT2D eigenvalue weighted by molar-refractivity contribution is 7.14. The lowest BCUT2D eigenvalue weighted by Crippen LogP contribution is -2.25. The van der Waals surface area contributed by atoms with Crippen molar-refractivity contribution in [3.63, 3.8) is 0 Å². The van der Waals surface area contributed by atoms with Gasteiger partial charge in [-0.1, -0.05) is 12.1 Å². The summed E-state index contributed by atoms with van der Waals surface area (Å²) in [5.74, 6) is -0.964. The van der Waals surface area contributed by atoms with Gasteiger partial charge < -0.3 is 10.0 Å². The molecule has 0 saturated carbocycles. The van der Waals surface area contributed by atoms with Crippen molar-refractivity contribution in [2.75, 3.05) is 7.05 Å². The predicted molar refractivity (Wildman–Crippen MR) is 83.0 cm³/mol. The van der Waals surface area contributed by atoms with Gasteiger partial charge in [-0.3, -0.25) is 4.79 Å². The number of aromatic carboxylic acids is 1. The molecular formula is C16H17NO3S. The number of nitrogens with zero attached hydrogens (tertiary/aromatic N) is 1. The molecule has 2 rings (SSSR count). The summed E-state index contributed by atoms with van der Waals surface area (Å²) in [6, 6.07) is 8.48. The van der Waals surface area contributed by atoms with Crippen molar-refractivity contribution in [1.29, 1.82) is 0 Å². The molecule has 1 aromatic carbocycles. The van der Waals surface area contributed by atoms with Crippen LogP contribution in [0.2, 0.25) is 0 Å². The summed E-state index contributed by atoms with van der Waals surface area (Å²) in [5.41, 5.74) is 2.28. The second-order valence-electron chi connectivity index (χ2n) is 5.01. The fraction of sp³-hybridized carbons (Fsp3) is 0.250. The lowest BCUT2D eigenvalue weighted by atomic mass is 10.1. The zero-order valence-corrected chi connectivity index (χ0v) is 13.0. The zero-order valence-electron chi connectivity index (χ0n) is 12.2. The Kier molecular flexibility index (Phi) is 4.43. The first-order chi connectivity index (χ1) is 9.88. The van der Waals surface area contributed by atoms with Gasteiger partial charge in [-0.15, -0.1) is 11.3 Å². The molecule has 0 fully saturated rings. The number of amides is 1. The molecule has 0 aliphatic carbocycles. The molecule has 1 amide bonds. The summed E-state index contributed by atoms with van der Waals surface area (Å²) in [6.45, 7) is 4.45. The monoisotopic (exact) mass is 303 g/mol. The fourth-order valence-corrected chi connectivity index (χ4v) is 2.99. The van der Waals surface area contributed by atoms with Gasteiger partial charge in [0.15, 0.2) is 0 Å². The Hall–Kier alpha value is -2.14. The number of hydrogen-bond donors (Lipinski definition) is 1. The Labute approximate surface area is 127 Å². The van der Waals surface area contributed by atoms with Crippen LogP contribution >= 0.6 is 11.3 Å². The molecule has 0 saturated heterocycles. The molecule has 21 heavy (non-hydrogen) atoms. The van der Waals surface area contributed by atoms with Crippen LogP contribution < -0.4 is 0 Å². The lowest BCUT2D eigenvalue weighted by molar-refractivity contribution is 0.0695. The van der Waals surface area contributed by atoms with E-state index in [4.69, 9.17) is 5.11 Å². The SMILES string of the molecule is Cc1cc(C(=O)N(C)Cc2ccc(C(=O)O)cc2)sc1C. The Morgan fingerprint density at radius 1 is 1.19 bits per heavy atom. The predicted octanol–water partition coefficient (Wildman–Crippen LogP) is 3.34. The van der Waals surface area contributed by atoms with E-state index >= 15 is 0 Å². The topological polar surface area (TPSA) is 57.6 Å². The average molecular weight is 303 g/mol. The molecule has 4 nitrogen and oxygen atoms in total. The minimum absolute atomic E-state index is 0.0153. The van der Waals surface area contributed by atoms with Crippen molar-refractivity contribution in [3.05, 3.63) is 56.8 Å². The molecule has 2 aromatic rings. The number of carbonyl (C=O) groups is 2. The molecule has 1 aromatic heterocycles. The third kappa shape index (κ3) is 3.49. The second-order valence-corrected chi connectivity index (χ2v) is 6.27. The lowest BCUT2D eigenvalue weighted by Gasteiger charge is -2.16. The molecule has 0 atom stereocenters. The third-order valence-corrected chi connectivity index (χ3v) is 4.48. The van der Waals surface area contributed by atoms with Crippen LogP contribution in [0.25, 0.3) is 0 Å². The number of thiophene rings is 1. The third-order valence-electron chi connectivity index (χ3n) is 3.34. The number of rotatable bonds is 4. The Balaban J connectivity index is 2.08. The quantitative estimate of drug-likeness (QED) is 0.942. The van der Waals surface area contributed by atoms with Crippen LogP contribution in [0.1, 0.15) is 36.0 Å². The first-order valence-electron chi connectivity index (χ1n) is 6.53. The van der Waals surface area contributed by atoms with Crippen LogP contribution in [0.15, 0.2) is 30.3 Å². The molecule has 0 radical (unpaired) electrons. The highest BCUT2D eigenvalue weighted by Gasteiger charge is 2.15. The molecule has 0 aliphatic rings. The van der Waals surface area contributed by atoms with E-state index < -0.39 is 5.97 Å². The molecule has 0 unspecified atom stereocenters. The minimum atomic E-state index is -0.949. The number of benzene rings is 1. The van der Waals surface area contributed by atoms with Crippen LogP contribution in [0.5, 0.6) is 0 Å². The average Bonchev–Trinajstić information content (AvgIpc) is 2.78. The van der Waals surface area contributed by atoms with Gasteiger partial charge in [0.05, 0.1) is 10.4 Å². The molecule has 5 heteroatoms. The molecular weight excluding hydrogens is 286 g/mol. The highest BCUT2D eigenvalue weighted by atomic mass is 32.1. The minimum Gasteiger partial charge on any atom is -0.478 e. The Bertz CT molecular complexity index is 654. The summed E-state index contributed by atoms with van der Waals surface area (Å²) in [7, 11) is 1.75. The van der Waals surface area contributed by atoms with E-state index in [9.17, 15) is 9.59 Å². The van der Waals surface area contributed by atoms with Crippen LogP contribution in [0.3, 0.4) is 0 Å². The summed E-state index contributed by atoms with van der Waals surface area (Å²) in [4.78, 5) is 26.7. The molecule has 1 N–H and O–H groups in total. The first kappa shape index (κ1) is 15.3. The first-order valence-corrected chi connectivity index (χ1v) is 7.35. The van der Waals surface area contributed by atoms with Crippen LogP contribution in [0.4, 0.5) is 0 Å². The Morgan fingerprint density at radius 3 is 2.29 bits per heavy atom. The zero-order chi connectivity index (χ0) is 15.6. The highest BCUT2D eigenvalue weighted by Crippen LogP contribution is 2.22. The van der Waals surface area contributed by atoms with Crippen molar-refractivity contribution >= 4 is 23.2 Å². The van der Waals surface area contributed by atoms with E-state index in [1.807, 2.05) is 19.9 Å². The van der Waals surface area contributed by atoms with Crippen molar-refractivity contribution in [3.8, 4) is 0 Å². The number of carbonyl (C=O) groups excluding carboxylic acids is 1. The van der Waals surface area contributed by atoms with E-state index in [1.165, 1.54) is 11.3 Å². The van der Waals surface area contributed by atoms with E-state index in [0.717, 1.165) is 20.9 Å². The maximum atomic E-state index is 12.3. The number of carboxylic acids is 1. The summed E-state index contributed by atoms with van der Waals surface area (Å²) in [5, 5.41) is 8.86.